The number of aliphatic carboxylic acids is 1. The Kier molecular flexibility index (Phi) is 7.47. The molecule has 4 rings (SSSR count). The molecule has 2 aliphatic rings. The second kappa shape index (κ2) is 10.7. The molecule has 8 heteroatoms. The van der Waals surface area contributed by atoms with Crippen molar-refractivity contribution in [2.75, 3.05) is 20.3 Å². The Morgan fingerprint density at radius 1 is 1.03 bits per heavy atom. The maximum Gasteiger partial charge on any atom is 0.407 e. The smallest absolute Gasteiger partial charge is 0.407 e. The second-order valence-electron chi connectivity index (χ2n) is 8.84. The summed E-state index contributed by atoms with van der Waals surface area (Å²) in [7, 11) is 1.29. The van der Waals surface area contributed by atoms with E-state index in [1.807, 2.05) is 24.3 Å². The summed E-state index contributed by atoms with van der Waals surface area (Å²) < 4.78 is 10.5. The van der Waals surface area contributed by atoms with Crippen LogP contribution in [0.5, 0.6) is 0 Å². The number of methoxy groups -OCH3 is 1. The zero-order chi connectivity index (χ0) is 24.1. The summed E-state index contributed by atoms with van der Waals surface area (Å²) in [5.74, 6) is -1.64. The SMILES string of the molecule is COC(CNC(=O)[C@@H]1CCC[C@H](NC(=O)OCC2c3ccccc3-c3ccccc32)C1)C(=O)O. The van der Waals surface area contributed by atoms with Crippen LogP contribution in [0.3, 0.4) is 0 Å². The molecular formula is C26H30N2O6. The van der Waals surface area contributed by atoms with Crippen LogP contribution in [-0.2, 0) is 19.1 Å². The maximum atomic E-state index is 12.6. The average molecular weight is 467 g/mol. The van der Waals surface area contributed by atoms with Gasteiger partial charge in [-0.25, -0.2) is 9.59 Å². The molecule has 8 nitrogen and oxygen atoms in total. The van der Waals surface area contributed by atoms with E-state index < -0.39 is 18.2 Å². The van der Waals surface area contributed by atoms with Gasteiger partial charge in [0.25, 0.3) is 0 Å². The normalized spacial score (nSPS) is 20.0. The summed E-state index contributed by atoms with van der Waals surface area (Å²) in [6.45, 7) is 0.149. The molecular weight excluding hydrogens is 436 g/mol. The van der Waals surface area contributed by atoms with Gasteiger partial charge in [-0.2, -0.15) is 0 Å². The number of rotatable bonds is 8. The number of ether oxygens (including phenoxy) is 2. The quantitative estimate of drug-likeness (QED) is 0.550. The van der Waals surface area contributed by atoms with Crippen LogP contribution in [0.15, 0.2) is 48.5 Å². The fourth-order valence-corrected chi connectivity index (χ4v) is 4.97. The monoisotopic (exact) mass is 466 g/mol. The van der Waals surface area contributed by atoms with Gasteiger partial charge in [-0.3, -0.25) is 4.79 Å². The van der Waals surface area contributed by atoms with E-state index in [0.29, 0.717) is 12.8 Å². The van der Waals surface area contributed by atoms with Crippen molar-refractivity contribution in [1.29, 1.82) is 0 Å². The molecule has 0 saturated heterocycles. The standard InChI is InChI=1S/C26H30N2O6/c1-33-23(25(30)31)14-27-24(29)16-7-6-8-17(13-16)28-26(32)34-15-22-20-11-4-2-9-18(20)19-10-3-5-12-21(19)22/h2-5,9-12,16-17,22-23H,6-8,13-15H2,1H3,(H,27,29)(H,28,32)(H,30,31)/t16-,17+,23?/m1/s1. The molecule has 1 unspecified atom stereocenters. The molecule has 0 bridgehead atoms. The molecule has 1 saturated carbocycles. The van der Waals surface area contributed by atoms with Crippen molar-refractivity contribution in [3.63, 3.8) is 0 Å². The number of hydrogen-bond donors (Lipinski definition) is 3. The minimum atomic E-state index is -1.12. The second-order valence-corrected chi connectivity index (χ2v) is 8.84. The van der Waals surface area contributed by atoms with Crippen molar-refractivity contribution in [2.45, 2.75) is 43.7 Å². The van der Waals surface area contributed by atoms with Gasteiger partial charge in [0.15, 0.2) is 6.10 Å². The number of carboxylic acid groups (broad SMARTS) is 1. The molecule has 2 aliphatic carbocycles. The number of carbonyl (C=O) groups is 3. The number of nitrogens with one attached hydrogen (secondary N) is 2. The van der Waals surface area contributed by atoms with Crippen molar-refractivity contribution < 1.29 is 29.0 Å². The van der Waals surface area contributed by atoms with E-state index in [1.165, 1.54) is 18.2 Å². The van der Waals surface area contributed by atoms with Crippen LogP contribution in [-0.4, -0.2) is 55.5 Å². The topological polar surface area (TPSA) is 114 Å². The molecule has 3 atom stereocenters. The average Bonchev–Trinajstić information content (AvgIpc) is 3.16. The molecule has 2 amide bonds. The number of benzene rings is 2. The molecule has 0 radical (unpaired) electrons. The van der Waals surface area contributed by atoms with Gasteiger partial charge in [0, 0.05) is 25.0 Å². The molecule has 3 N–H and O–H groups in total. The third-order valence-corrected chi connectivity index (χ3v) is 6.73. The van der Waals surface area contributed by atoms with Crippen LogP contribution >= 0.6 is 0 Å². The highest BCUT2D eigenvalue weighted by Gasteiger charge is 2.31. The van der Waals surface area contributed by atoms with Crippen LogP contribution in [0, 0.1) is 5.92 Å². The van der Waals surface area contributed by atoms with Crippen molar-refractivity contribution in [1.82, 2.24) is 10.6 Å². The van der Waals surface area contributed by atoms with Crippen molar-refractivity contribution in [2.24, 2.45) is 5.92 Å². The molecule has 0 aliphatic heterocycles. The molecule has 34 heavy (non-hydrogen) atoms. The van der Waals surface area contributed by atoms with E-state index in [-0.39, 0.29) is 36.9 Å². The summed E-state index contributed by atoms with van der Waals surface area (Å²) in [6.07, 6.45) is 1.17. The predicted octanol–water partition coefficient (Wildman–Crippen LogP) is 3.30. The molecule has 0 aromatic heterocycles. The summed E-state index contributed by atoms with van der Waals surface area (Å²) >= 11 is 0. The lowest BCUT2D eigenvalue weighted by atomic mass is 9.85. The van der Waals surface area contributed by atoms with Crippen molar-refractivity contribution in [3.8, 4) is 11.1 Å². The lowest BCUT2D eigenvalue weighted by molar-refractivity contribution is -0.148. The van der Waals surface area contributed by atoms with E-state index in [0.717, 1.165) is 24.0 Å². The summed E-state index contributed by atoms with van der Waals surface area (Å²) in [5.41, 5.74) is 4.65. The van der Waals surface area contributed by atoms with Crippen molar-refractivity contribution >= 4 is 18.0 Å². The first-order valence-electron chi connectivity index (χ1n) is 11.6. The van der Waals surface area contributed by atoms with E-state index in [2.05, 4.69) is 34.9 Å². The van der Waals surface area contributed by atoms with Crippen LogP contribution in [0.25, 0.3) is 11.1 Å². The summed E-state index contributed by atoms with van der Waals surface area (Å²) in [4.78, 5) is 36.1. The van der Waals surface area contributed by atoms with Gasteiger partial charge in [0.2, 0.25) is 5.91 Å². The highest BCUT2D eigenvalue weighted by atomic mass is 16.5. The lowest BCUT2D eigenvalue weighted by Crippen LogP contribution is -2.45. The largest absolute Gasteiger partial charge is 0.479 e. The fraction of sp³-hybridized carbons (Fsp3) is 0.423. The van der Waals surface area contributed by atoms with Crippen LogP contribution in [0.2, 0.25) is 0 Å². The number of carbonyl (C=O) groups excluding carboxylic acids is 2. The molecule has 2 aromatic rings. The Morgan fingerprint density at radius 2 is 1.68 bits per heavy atom. The summed E-state index contributed by atoms with van der Waals surface area (Å²) in [5, 5.41) is 14.6. The Balaban J connectivity index is 1.29. The summed E-state index contributed by atoms with van der Waals surface area (Å²) in [6, 6.07) is 16.2. The Hall–Kier alpha value is -3.39. The number of alkyl carbamates (subject to hydrolysis) is 1. The zero-order valence-corrected chi connectivity index (χ0v) is 19.2. The van der Waals surface area contributed by atoms with E-state index >= 15 is 0 Å². The molecule has 180 valence electrons. The Morgan fingerprint density at radius 3 is 2.29 bits per heavy atom. The van der Waals surface area contributed by atoms with E-state index in [4.69, 9.17) is 14.6 Å². The first-order chi connectivity index (χ1) is 16.5. The van der Waals surface area contributed by atoms with Crippen LogP contribution in [0.1, 0.15) is 42.7 Å². The molecule has 2 aromatic carbocycles. The van der Waals surface area contributed by atoms with Gasteiger partial charge in [-0.05, 0) is 41.5 Å². The highest BCUT2D eigenvalue weighted by molar-refractivity contribution is 5.81. The lowest BCUT2D eigenvalue weighted by Gasteiger charge is -2.29. The van der Waals surface area contributed by atoms with Gasteiger partial charge >= 0.3 is 12.1 Å². The van der Waals surface area contributed by atoms with Gasteiger partial charge in [0.05, 0.1) is 6.54 Å². The number of hydrogen-bond acceptors (Lipinski definition) is 5. The predicted molar refractivity (Wildman–Crippen MR) is 125 cm³/mol. The minimum absolute atomic E-state index is 0.00834. The van der Waals surface area contributed by atoms with Crippen LogP contribution in [0.4, 0.5) is 4.79 Å². The molecule has 0 heterocycles. The number of fused-ring (bicyclic) bond motifs is 3. The number of carboxylic acids is 1. The van der Waals surface area contributed by atoms with E-state index in [9.17, 15) is 14.4 Å². The maximum absolute atomic E-state index is 12.6. The fourth-order valence-electron chi connectivity index (χ4n) is 4.97. The third-order valence-electron chi connectivity index (χ3n) is 6.73. The van der Waals surface area contributed by atoms with Gasteiger partial charge in [-0.15, -0.1) is 0 Å². The van der Waals surface area contributed by atoms with Crippen LogP contribution < -0.4 is 10.6 Å². The van der Waals surface area contributed by atoms with Gasteiger partial charge < -0.3 is 25.2 Å². The van der Waals surface area contributed by atoms with Gasteiger partial charge in [0.1, 0.15) is 6.61 Å². The first-order valence-corrected chi connectivity index (χ1v) is 11.6. The minimum Gasteiger partial charge on any atom is -0.479 e. The first kappa shape index (κ1) is 23.8. The Labute approximate surface area is 198 Å². The molecule has 1 fully saturated rings. The third kappa shape index (κ3) is 5.22. The number of amides is 2. The molecule has 0 spiro atoms. The Bertz CT molecular complexity index is 1010. The van der Waals surface area contributed by atoms with Gasteiger partial charge in [-0.1, -0.05) is 55.0 Å². The zero-order valence-electron chi connectivity index (χ0n) is 19.2. The van der Waals surface area contributed by atoms with Crippen molar-refractivity contribution in [3.05, 3.63) is 59.7 Å². The highest BCUT2D eigenvalue weighted by Crippen LogP contribution is 2.44. The van der Waals surface area contributed by atoms with E-state index in [1.54, 1.807) is 0 Å².